The molecule has 0 bridgehead atoms. The van der Waals surface area contributed by atoms with Gasteiger partial charge in [0.25, 0.3) is 0 Å². The number of β-amino-alcohol motifs (C(OH)–C–C–N with tert-alkyl or cyclic N) is 1. The van der Waals surface area contributed by atoms with Crippen molar-refractivity contribution in [3.8, 4) is 0 Å². The summed E-state index contributed by atoms with van der Waals surface area (Å²) in [6, 6.07) is 9.38. The summed E-state index contributed by atoms with van der Waals surface area (Å²) in [7, 11) is 0. The van der Waals surface area contributed by atoms with Crippen molar-refractivity contribution in [1.82, 2.24) is 15.1 Å². The van der Waals surface area contributed by atoms with E-state index in [-0.39, 0.29) is 31.3 Å². The molecule has 1 aromatic rings. The number of ether oxygens (including phenoxy) is 2. The van der Waals surface area contributed by atoms with Crippen molar-refractivity contribution in [3.63, 3.8) is 0 Å². The molecule has 0 saturated carbocycles. The fraction of sp³-hybridized carbons (Fsp3) is 0.619. The maximum absolute atomic E-state index is 12.3. The number of likely N-dealkylation sites (tertiary alicyclic amines) is 2. The van der Waals surface area contributed by atoms with Crippen LogP contribution in [0.2, 0.25) is 0 Å². The highest BCUT2D eigenvalue weighted by molar-refractivity contribution is 5.69. The fourth-order valence-electron chi connectivity index (χ4n) is 3.60. The van der Waals surface area contributed by atoms with Gasteiger partial charge in [-0.15, -0.1) is 0 Å². The van der Waals surface area contributed by atoms with Crippen molar-refractivity contribution in [1.29, 1.82) is 0 Å². The number of carbonyl (C=O) groups excluding carboxylic acids is 2. The summed E-state index contributed by atoms with van der Waals surface area (Å²) in [5.41, 5.74) is 0.380. The van der Waals surface area contributed by atoms with Gasteiger partial charge in [-0.3, -0.25) is 0 Å². The van der Waals surface area contributed by atoms with E-state index in [9.17, 15) is 14.7 Å². The highest BCUT2D eigenvalue weighted by atomic mass is 16.6. The second kappa shape index (κ2) is 9.00. The van der Waals surface area contributed by atoms with Crippen LogP contribution in [0.3, 0.4) is 0 Å². The summed E-state index contributed by atoms with van der Waals surface area (Å²) in [6.45, 7) is 7.44. The summed E-state index contributed by atoms with van der Waals surface area (Å²) < 4.78 is 10.8. The largest absolute Gasteiger partial charge is 0.445 e. The van der Waals surface area contributed by atoms with E-state index in [4.69, 9.17) is 9.47 Å². The minimum Gasteiger partial charge on any atom is -0.445 e. The molecule has 29 heavy (non-hydrogen) atoms. The Bertz CT molecular complexity index is 706. The quantitative estimate of drug-likeness (QED) is 0.796. The molecule has 0 aliphatic carbocycles. The van der Waals surface area contributed by atoms with Crippen LogP contribution in [-0.2, 0) is 16.1 Å². The molecule has 8 nitrogen and oxygen atoms in total. The topological polar surface area (TPSA) is 91.3 Å². The molecular formula is C21H31N3O5. The SMILES string of the molecule is CC(C)(C)OC(=O)N1CC(O)C(NC2CCN(C(=O)OCc3ccccc3)C2)C1. The predicted molar refractivity (Wildman–Crippen MR) is 107 cm³/mol. The highest BCUT2D eigenvalue weighted by Crippen LogP contribution is 2.19. The minimum atomic E-state index is -0.665. The van der Waals surface area contributed by atoms with Crippen LogP contribution in [0.5, 0.6) is 0 Å². The predicted octanol–water partition coefficient (Wildman–Crippen LogP) is 1.97. The Hall–Kier alpha value is -2.32. The van der Waals surface area contributed by atoms with Gasteiger partial charge in [-0.05, 0) is 32.8 Å². The molecule has 2 aliphatic rings. The van der Waals surface area contributed by atoms with E-state index in [1.54, 1.807) is 4.90 Å². The van der Waals surface area contributed by atoms with Crippen LogP contribution in [0.1, 0.15) is 32.8 Å². The molecule has 2 saturated heterocycles. The monoisotopic (exact) mass is 405 g/mol. The number of rotatable bonds is 4. The van der Waals surface area contributed by atoms with E-state index in [2.05, 4.69) is 5.32 Å². The third-order valence-corrected chi connectivity index (χ3v) is 5.04. The first kappa shape index (κ1) is 21.4. The number of nitrogens with one attached hydrogen (secondary N) is 1. The molecule has 3 atom stereocenters. The zero-order valence-electron chi connectivity index (χ0n) is 17.3. The normalized spacial score (nSPS) is 24.6. The molecule has 0 spiro atoms. The Kier molecular flexibility index (Phi) is 6.64. The molecule has 0 radical (unpaired) electrons. The molecule has 2 amide bonds. The molecule has 1 aromatic carbocycles. The Morgan fingerprint density at radius 3 is 2.52 bits per heavy atom. The maximum Gasteiger partial charge on any atom is 0.410 e. The summed E-state index contributed by atoms with van der Waals surface area (Å²) in [5, 5.41) is 13.7. The summed E-state index contributed by atoms with van der Waals surface area (Å²) in [6.07, 6.45) is -0.642. The lowest BCUT2D eigenvalue weighted by molar-refractivity contribution is 0.0270. The van der Waals surface area contributed by atoms with Crippen molar-refractivity contribution >= 4 is 12.2 Å². The first-order chi connectivity index (χ1) is 13.7. The third-order valence-electron chi connectivity index (χ3n) is 5.04. The molecule has 8 heteroatoms. The number of aliphatic hydroxyl groups excluding tert-OH is 1. The van der Waals surface area contributed by atoms with Gasteiger partial charge in [0.2, 0.25) is 0 Å². The van der Waals surface area contributed by atoms with Crippen molar-refractivity contribution < 1.29 is 24.2 Å². The summed E-state index contributed by atoms with van der Waals surface area (Å²) in [5.74, 6) is 0. The standard InChI is InChI=1S/C21H31N3O5/c1-21(2,3)29-20(27)24-12-17(18(25)13-24)22-16-9-10-23(11-16)19(26)28-14-15-7-5-4-6-8-15/h4-8,16-18,22,25H,9-14H2,1-3H3. The molecule has 160 valence electrons. The number of benzene rings is 1. The van der Waals surface area contributed by atoms with Crippen molar-refractivity contribution in [2.45, 2.75) is 57.6 Å². The van der Waals surface area contributed by atoms with Gasteiger partial charge >= 0.3 is 12.2 Å². The summed E-state index contributed by atoms with van der Waals surface area (Å²) in [4.78, 5) is 27.7. The number of aliphatic hydroxyl groups is 1. The van der Waals surface area contributed by atoms with Gasteiger partial charge in [-0.25, -0.2) is 9.59 Å². The van der Waals surface area contributed by atoms with Gasteiger partial charge in [0.05, 0.1) is 18.7 Å². The Labute approximate surface area is 171 Å². The van der Waals surface area contributed by atoms with Crippen LogP contribution in [0.15, 0.2) is 30.3 Å². The van der Waals surface area contributed by atoms with Crippen molar-refractivity contribution in [2.75, 3.05) is 26.2 Å². The van der Waals surface area contributed by atoms with E-state index in [1.807, 2.05) is 51.1 Å². The number of nitrogens with zero attached hydrogens (tertiary/aromatic N) is 2. The molecule has 3 rings (SSSR count). The fourth-order valence-corrected chi connectivity index (χ4v) is 3.60. The lowest BCUT2D eigenvalue weighted by Crippen LogP contribution is -2.47. The smallest absolute Gasteiger partial charge is 0.410 e. The zero-order valence-corrected chi connectivity index (χ0v) is 17.3. The van der Waals surface area contributed by atoms with Crippen LogP contribution < -0.4 is 5.32 Å². The van der Waals surface area contributed by atoms with E-state index < -0.39 is 17.8 Å². The first-order valence-electron chi connectivity index (χ1n) is 10.1. The molecule has 2 heterocycles. The third kappa shape index (κ3) is 6.08. The van der Waals surface area contributed by atoms with Gasteiger partial charge < -0.3 is 29.7 Å². The lowest BCUT2D eigenvalue weighted by atomic mass is 10.1. The van der Waals surface area contributed by atoms with Crippen LogP contribution in [0.4, 0.5) is 9.59 Å². The summed E-state index contributed by atoms with van der Waals surface area (Å²) >= 11 is 0. The second-order valence-corrected chi connectivity index (χ2v) is 8.70. The van der Waals surface area contributed by atoms with Gasteiger partial charge in [-0.1, -0.05) is 30.3 Å². The van der Waals surface area contributed by atoms with E-state index in [1.165, 1.54) is 4.90 Å². The van der Waals surface area contributed by atoms with Crippen LogP contribution in [0.25, 0.3) is 0 Å². The van der Waals surface area contributed by atoms with E-state index >= 15 is 0 Å². The van der Waals surface area contributed by atoms with Gasteiger partial charge in [0.15, 0.2) is 0 Å². The second-order valence-electron chi connectivity index (χ2n) is 8.70. The Morgan fingerprint density at radius 1 is 1.10 bits per heavy atom. The number of hydrogen-bond donors (Lipinski definition) is 2. The Morgan fingerprint density at radius 2 is 1.83 bits per heavy atom. The lowest BCUT2D eigenvalue weighted by Gasteiger charge is -2.24. The molecular weight excluding hydrogens is 374 g/mol. The molecule has 2 aliphatic heterocycles. The zero-order chi connectivity index (χ0) is 21.0. The average Bonchev–Trinajstić information content (AvgIpc) is 3.27. The number of hydrogen-bond acceptors (Lipinski definition) is 6. The van der Waals surface area contributed by atoms with Crippen LogP contribution in [-0.4, -0.2) is 77.1 Å². The number of carbonyl (C=O) groups is 2. The molecule has 2 N–H and O–H groups in total. The van der Waals surface area contributed by atoms with Crippen LogP contribution in [0, 0.1) is 0 Å². The average molecular weight is 405 g/mol. The minimum absolute atomic E-state index is 0.0533. The van der Waals surface area contributed by atoms with E-state index in [0.29, 0.717) is 19.6 Å². The van der Waals surface area contributed by atoms with Crippen molar-refractivity contribution in [3.05, 3.63) is 35.9 Å². The van der Waals surface area contributed by atoms with Gasteiger partial charge in [0.1, 0.15) is 12.2 Å². The van der Waals surface area contributed by atoms with Crippen molar-refractivity contribution in [2.24, 2.45) is 0 Å². The molecule has 3 unspecified atom stereocenters. The van der Waals surface area contributed by atoms with Gasteiger partial charge in [-0.2, -0.15) is 0 Å². The van der Waals surface area contributed by atoms with E-state index in [0.717, 1.165) is 12.0 Å². The van der Waals surface area contributed by atoms with Gasteiger partial charge in [0, 0.05) is 25.7 Å². The molecule has 0 aromatic heterocycles. The number of amides is 2. The molecule has 2 fully saturated rings. The highest BCUT2D eigenvalue weighted by Gasteiger charge is 2.38. The Balaban J connectivity index is 1.43. The van der Waals surface area contributed by atoms with Crippen LogP contribution >= 0.6 is 0 Å². The maximum atomic E-state index is 12.3. The first-order valence-corrected chi connectivity index (χ1v) is 10.1.